The maximum absolute atomic E-state index is 5.63. The molecule has 0 atom stereocenters. The molecule has 0 radical (unpaired) electrons. The van der Waals surface area contributed by atoms with Crippen LogP contribution in [0.4, 0.5) is 23.0 Å². The van der Waals surface area contributed by atoms with Crippen LogP contribution in [0.5, 0.6) is 0 Å². The molecule has 1 aromatic heterocycles. The van der Waals surface area contributed by atoms with E-state index in [-0.39, 0.29) is 11.9 Å². The number of benzene rings is 1. The minimum atomic E-state index is -0.127. The van der Waals surface area contributed by atoms with Crippen molar-refractivity contribution in [2.24, 2.45) is 27.2 Å². The van der Waals surface area contributed by atoms with Crippen LogP contribution in [-0.4, -0.2) is 35.0 Å². The minimum Gasteiger partial charge on any atom is -0.370 e. The SMILES string of the molecule is Cc1nc(Nc2ccc(N=C(N)N=C(N)N)cc2)cc(N2CCCC2)n1. The Kier molecular flexibility index (Phi) is 5.16. The highest BCUT2D eigenvalue weighted by atomic mass is 15.2. The van der Waals surface area contributed by atoms with Crippen LogP contribution in [0.15, 0.2) is 40.3 Å². The Hall–Kier alpha value is -3.36. The van der Waals surface area contributed by atoms with Gasteiger partial charge in [-0.15, -0.1) is 0 Å². The molecule has 0 bridgehead atoms. The van der Waals surface area contributed by atoms with Gasteiger partial charge in [0.1, 0.15) is 17.5 Å². The predicted octanol–water partition coefficient (Wildman–Crippen LogP) is 1.35. The molecule has 1 saturated heterocycles. The number of guanidine groups is 2. The molecule has 1 aromatic carbocycles. The van der Waals surface area contributed by atoms with Crippen molar-refractivity contribution < 1.29 is 0 Å². The van der Waals surface area contributed by atoms with Gasteiger partial charge in [-0.3, -0.25) is 0 Å². The molecule has 0 aliphatic carbocycles. The Morgan fingerprint density at radius 1 is 1.08 bits per heavy atom. The Morgan fingerprint density at radius 2 is 1.77 bits per heavy atom. The van der Waals surface area contributed by atoms with Gasteiger partial charge in [0.25, 0.3) is 0 Å². The number of hydrogen-bond donors (Lipinski definition) is 4. The van der Waals surface area contributed by atoms with E-state index in [9.17, 15) is 0 Å². The molecule has 0 saturated carbocycles. The molecule has 2 aromatic rings. The summed E-state index contributed by atoms with van der Waals surface area (Å²) >= 11 is 0. The number of nitrogens with one attached hydrogen (secondary N) is 1. The first-order valence-electron chi connectivity index (χ1n) is 8.41. The highest BCUT2D eigenvalue weighted by Crippen LogP contribution is 2.24. The maximum Gasteiger partial charge on any atom is 0.223 e. The zero-order chi connectivity index (χ0) is 18.5. The number of aliphatic imine (C=N–C) groups is 2. The van der Waals surface area contributed by atoms with Gasteiger partial charge in [0.05, 0.1) is 5.69 Å². The van der Waals surface area contributed by atoms with Crippen molar-refractivity contribution in [2.45, 2.75) is 19.8 Å². The summed E-state index contributed by atoms with van der Waals surface area (Å²) in [5, 5.41) is 3.30. The van der Waals surface area contributed by atoms with Crippen LogP contribution in [-0.2, 0) is 0 Å². The van der Waals surface area contributed by atoms with E-state index in [1.54, 1.807) is 0 Å². The third-order valence-corrected chi connectivity index (χ3v) is 3.88. The molecule has 26 heavy (non-hydrogen) atoms. The largest absolute Gasteiger partial charge is 0.370 e. The normalized spacial score (nSPS) is 14.3. The van der Waals surface area contributed by atoms with Gasteiger partial charge in [0.2, 0.25) is 5.96 Å². The molecule has 9 heteroatoms. The predicted molar refractivity (Wildman–Crippen MR) is 105 cm³/mol. The first-order chi connectivity index (χ1) is 12.5. The molecule has 136 valence electrons. The van der Waals surface area contributed by atoms with Crippen molar-refractivity contribution in [3.63, 3.8) is 0 Å². The molecule has 2 heterocycles. The zero-order valence-corrected chi connectivity index (χ0v) is 14.7. The second kappa shape index (κ2) is 7.68. The summed E-state index contributed by atoms with van der Waals surface area (Å²) in [7, 11) is 0. The number of rotatable bonds is 4. The highest BCUT2D eigenvalue weighted by Gasteiger charge is 2.15. The summed E-state index contributed by atoms with van der Waals surface area (Å²) in [4.78, 5) is 19.1. The van der Waals surface area contributed by atoms with Gasteiger partial charge >= 0.3 is 0 Å². The third kappa shape index (κ3) is 4.59. The lowest BCUT2D eigenvalue weighted by molar-refractivity contribution is 0.912. The first kappa shape index (κ1) is 17.5. The van der Waals surface area contributed by atoms with E-state index >= 15 is 0 Å². The molecular weight excluding hydrogens is 330 g/mol. The second-order valence-corrected chi connectivity index (χ2v) is 6.03. The molecule has 9 nitrogen and oxygen atoms in total. The summed E-state index contributed by atoms with van der Waals surface area (Å²) in [5.41, 5.74) is 17.7. The van der Waals surface area contributed by atoms with Gasteiger partial charge in [-0.25, -0.2) is 15.0 Å². The smallest absolute Gasteiger partial charge is 0.223 e. The lowest BCUT2D eigenvalue weighted by Gasteiger charge is -2.17. The first-order valence-corrected chi connectivity index (χ1v) is 8.41. The van der Waals surface area contributed by atoms with Crippen LogP contribution in [0.3, 0.4) is 0 Å². The maximum atomic E-state index is 5.63. The zero-order valence-electron chi connectivity index (χ0n) is 14.7. The molecule has 0 spiro atoms. The quantitative estimate of drug-likeness (QED) is 0.479. The summed E-state index contributed by atoms with van der Waals surface area (Å²) in [5.74, 6) is 2.34. The van der Waals surface area contributed by atoms with Gasteiger partial charge in [-0.05, 0) is 44.0 Å². The van der Waals surface area contributed by atoms with E-state index in [0.29, 0.717) is 5.69 Å². The van der Waals surface area contributed by atoms with Crippen molar-refractivity contribution in [3.8, 4) is 0 Å². The average molecular weight is 353 g/mol. The second-order valence-electron chi connectivity index (χ2n) is 6.03. The molecule has 7 N–H and O–H groups in total. The highest BCUT2D eigenvalue weighted by molar-refractivity contribution is 5.93. The van der Waals surface area contributed by atoms with E-state index in [1.807, 2.05) is 37.3 Å². The van der Waals surface area contributed by atoms with Crippen molar-refractivity contribution in [2.75, 3.05) is 23.3 Å². The summed E-state index contributed by atoms with van der Waals surface area (Å²) < 4.78 is 0. The Balaban J connectivity index is 1.74. The molecular formula is C17H23N9. The topological polar surface area (TPSA) is 144 Å². The fourth-order valence-electron chi connectivity index (χ4n) is 2.78. The molecule has 1 aliphatic heterocycles. The number of aromatic nitrogens is 2. The van der Waals surface area contributed by atoms with Crippen LogP contribution < -0.4 is 27.4 Å². The van der Waals surface area contributed by atoms with Gasteiger partial charge in [0.15, 0.2) is 5.96 Å². The van der Waals surface area contributed by atoms with Crippen LogP contribution in [0.1, 0.15) is 18.7 Å². The van der Waals surface area contributed by atoms with E-state index < -0.39 is 0 Å². The minimum absolute atomic E-state index is 0.00684. The van der Waals surface area contributed by atoms with E-state index in [1.165, 1.54) is 12.8 Å². The monoisotopic (exact) mass is 353 g/mol. The Morgan fingerprint density at radius 3 is 2.42 bits per heavy atom. The summed E-state index contributed by atoms with van der Waals surface area (Å²) in [6, 6.07) is 9.37. The number of aryl methyl sites for hydroxylation is 1. The summed E-state index contributed by atoms with van der Waals surface area (Å²) in [6.07, 6.45) is 2.41. The molecule has 3 rings (SSSR count). The van der Waals surface area contributed by atoms with E-state index in [0.717, 1.165) is 36.2 Å². The molecule has 0 amide bonds. The van der Waals surface area contributed by atoms with Gasteiger partial charge in [0, 0.05) is 24.8 Å². The fraction of sp³-hybridized carbons (Fsp3) is 0.294. The third-order valence-electron chi connectivity index (χ3n) is 3.88. The molecule has 1 fully saturated rings. The Labute approximate surface area is 152 Å². The number of nitrogens with two attached hydrogens (primary N) is 3. The van der Waals surface area contributed by atoms with Crippen molar-refractivity contribution in [1.82, 2.24) is 9.97 Å². The van der Waals surface area contributed by atoms with Crippen LogP contribution in [0, 0.1) is 6.92 Å². The number of anilines is 3. The van der Waals surface area contributed by atoms with E-state index in [2.05, 4.69) is 30.2 Å². The lowest BCUT2D eigenvalue weighted by Crippen LogP contribution is -2.26. The van der Waals surface area contributed by atoms with E-state index in [4.69, 9.17) is 17.2 Å². The molecule has 0 unspecified atom stereocenters. The van der Waals surface area contributed by atoms with Crippen LogP contribution in [0.25, 0.3) is 0 Å². The average Bonchev–Trinajstić information content (AvgIpc) is 3.10. The van der Waals surface area contributed by atoms with Crippen LogP contribution >= 0.6 is 0 Å². The lowest BCUT2D eigenvalue weighted by atomic mass is 10.3. The molecule has 1 aliphatic rings. The Bertz CT molecular complexity index is 817. The van der Waals surface area contributed by atoms with Gasteiger partial charge < -0.3 is 27.4 Å². The van der Waals surface area contributed by atoms with Crippen molar-refractivity contribution in [1.29, 1.82) is 0 Å². The fourth-order valence-corrected chi connectivity index (χ4v) is 2.78. The van der Waals surface area contributed by atoms with Crippen LogP contribution in [0.2, 0.25) is 0 Å². The van der Waals surface area contributed by atoms with Gasteiger partial charge in [-0.1, -0.05) is 0 Å². The number of hydrogen-bond acceptors (Lipinski definition) is 5. The standard InChI is InChI=1S/C17H23N9/c1-11-21-14(10-15(22-11)26-8-2-3-9-26)23-12-4-6-13(7-5-12)24-17(20)25-16(18)19/h4-7,10H,2-3,8-9H2,1H3,(H,21,22,23)(H6,18,19,20,24,25). The summed E-state index contributed by atoms with van der Waals surface area (Å²) in [6.45, 7) is 3.98. The number of nitrogens with zero attached hydrogens (tertiary/aromatic N) is 5. The van der Waals surface area contributed by atoms with Crippen molar-refractivity contribution >= 4 is 34.9 Å². The van der Waals surface area contributed by atoms with Crippen molar-refractivity contribution in [3.05, 3.63) is 36.2 Å². The van der Waals surface area contributed by atoms with Gasteiger partial charge in [-0.2, -0.15) is 4.99 Å².